The Balaban J connectivity index is 1.73. The molecule has 3 aromatic carbocycles. The summed E-state index contributed by atoms with van der Waals surface area (Å²) in [6.07, 6.45) is 0.721. The zero-order chi connectivity index (χ0) is 20.1. The van der Waals surface area contributed by atoms with E-state index in [4.69, 9.17) is 55.9 Å². The van der Waals surface area contributed by atoms with Gasteiger partial charge in [0, 0.05) is 37.3 Å². The fraction of sp³-hybridized carbons (Fsp3) is 0.0952. The summed E-state index contributed by atoms with van der Waals surface area (Å²) >= 11 is 24.1. The second-order valence-electron chi connectivity index (χ2n) is 5.87. The van der Waals surface area contributed by atoms with Crippen LogP contribution in [-0.2, 0) is 13.2 Å². The SMILES string of the molecule is O=Cc1ccc(OCc2ccc(Cl)cc2Cl)cc1OCc1ccc(Cl)cc1Cl. The van der Waals surface area contributed by atoms with E-state index < -0.39 is 0 Å². The van der Waals surface area contributed by atoms with Crippen LogP contribution in [0.15, 0.2) is 54.6 Å². The maximum atomic E-state index is 11.3. The van der Waals surface area contributed by atoms with E-state index >= 15 is 0 Å². The first kappa shape index (κ1) is 20.8. The van der Waals surface area contributed by atoms with E-state index in [0.29, 0.717) is 37.2 Å². The minimum absolute atomic E-state index is 0.184. The number of hydrogen-bond donors (Lipinski definition) is 0. The molecule has 0 aliphatic rings. The highest BCUT2D eigenvalue weighted by Gasteiger charge is 2.09. The van der Waals surface area contributed by atoms with Crippen molar-refractivity contribution in [2.45, 2.75) is 13.2 Å². The topological polar surface area (TPSA) is 35.5 Å². The number of carbonyl (C=O) groups is 1. The number of ether oxygens (including phenoxy) is 2. The Bertz CT molecular complexity index is 1000. The molecule has 0 aliphatic heterocycles. The summed E-state index contributed by atoms with van der Waals surface area (Å²) < 4.78 is 11.6. The highest BCUT2D eigenvalue weighted by atomic mass is 35.5. The van der Waals surface area contributed by atoms with Gasteiger partial charge in [-0.3, -0.25) is 4.79 Å². The van der Waals surface area contributed by atoms with Crippen molar-refractivity contribution < 1.29 is 14.3 Å². The van der Waals surface area contributed by atoms with Crippen molar-refractivity contribution in [2.75, 3.05) is 0 Å². The molecule has 7 heteroatoms. The maximum absolute atomic E-state index is 11.3. The van der Waals surface area contributed by atoms with Gasteiger partial charge < -0.3 is 9.47 Å². The van der Waals surface area contributed by atoms with Gasteiger partial charge in [-0.15, -0.1) is 0 Å². The summed E-state index contributed by atoms with van der Waals surface area (Å²) in [4.78, 5) is 11.3. The maximum Gasteiger partial charge on any atom is 0.153 e. The molecule has 0 saturated carbocycles. The number of rotatable bonds is 7. The Labute approximate surface area is 182 Å². The van der Waals surface area contributed by atoms with Gasteiger partial charge in [0.05, 0.1) is 5.56 Å². The van der Waals surface area contributed by atoms with Crippen molar-refractivity contribution in [1.29, 1.82) is 0 Å². The summed E-state index contributed by atoms with van der Waals surface area (Å²) in [5.41, 5.74) is 1.95. The molecule has 0 radical (unpaired) electrons. The summed E-state index contributed by atoms with van der Waals surface area (Å²) in [6.45, 7) is 0.433. The first-order valence-corrected chi connectivity index (χ1v) is 9.70. The molecule has 0 spiro atoms. The Morgan fingerprint density at radius 2 is 1.29 bits per heavy atom. The molecular weight excluding hydrogens is 442 g/mol. The molecule has 0 bridgehead atoms. The lowest BCUT2D eigenvalue weighted by molar-refractivity contribution is 0.111. The van der Waals surface area contributed by atoms with Crippen molar-refractivity contribution in [3.63, 3.8) is 0 Å². The molecule has 3 nitrogen and oxygen atoms in total. The molecule has 0 saturated heterocycles. The molecule has 3 rings (SSSR count). The second kappa shape index (κ2) is 9.53. The van der Waals surface area contributed by atoms with Crippen molar-refractivity contribution in [1.82, 2.24) is 0 Å². The normalized spacial score (nSPS) is 10.6. The minimum atomic E-state index is 0.184. The summed E-state index contributed by atoms with van der Waals surface area (Å²) in [5, 5.41) is 2.11. The first-order valence-electron chi connectivity index (χ1n) is 8.19. The van der Waals surface area contributed by atoms with E-state index in [1.54, 1.807) is 54.6 Å². The van der Waals surface area contributed by atoms with Crippen molar-refractivity contribution >= 4 is 52.7 Å². The standard InChI is InChI=1S/C21H14Cl4O3/c22-16-4-1-14(19(24)7-16)11-27-18-6-3-13(10-26)21(9-18)28-12-15-2-5-17(23)8-20(15)25/h1-10H,11-12H2. The van der Waals surface area contributed by atoms with Crippen LogP contribution in [0.25, 0.3) is 0 Å². The first-order chi connectivity index (χ1) is 13.5. The molecular formula is C21H14Cl4O3. The highest BCUT2D eigenvalue weighted by molar-refractivity contribution is 6.35. The Hall–Kier alpha value is -1.91. The third-order valence-corrected chi connectivity index (χ3v) is 5.09. The molecule has 0 atom stereocenters. The zero-order valence-electron chi connectivity index (χ0n) is 14.4. The smallest absolute Gasteiger partial charge is 0.153 e. The Morgan fingerprint density at radius 3 is 1.82 bits per heavy atom. The van der Waals surface area contributed by atoms with Gasteiger partial charge >= 0.3 is 0 Å². The van der Waals surface area contributed by atoms with E-state index in [2.05, 4.69) is 0 Å². The van der Waals surface area contributed by atoms with Gasteiger partial charge in [0.1, 0.15) is 24.7 Å². The molecule has 0 aromatic heterocycles. The molecule has 0 amide bonds. The van der Waals surface area contributed by atoms with Crippen LogP contribution in [0.5, 0.6) is 11.5 Å². The van der Waals surface area contributed by atoms with Gasteiger partial charge in [-0.1, -0.05) is 58.5 Å². The predicted molar refractivity (Wildman–Crippen MR) is 113 cm³/mol. The van der Waals surface area contributed by atoms with Crippen LogP contribution in [0.3, 0.4) is 0 Å². The van der Waals surface area contributed by atoms with Crippen LogP contribution in [-0.4, -0.2) is 6.29 Å². The predicted octanol–water partition coefficient (Wildman–Crippen LogP) is 7.27. The fourth-order valence-electron chi connectivity index (χ4n) is 2.42. The highest BCUT2D eigenvalue weighted by Crippen LogP contribution is 2.28. The lowest BCUT2D eigenvalue weighted by Gasteiger charge is -2.13. The molecule has 144 valence electrons. The number of carbonyl (C=O) groups excluding carboxylic acids is 1. The van der Waals surface area contributed by atoms with Crippen LogP contribution in [0.1, 0.15) is 21.5 Å². The third-order valence-electron chi connectivity index (χ3n) is 3.92. The van der Waals surface area contributed by atoms with E-state index in [9.17, 15) is 4.79 Å². The van der Waals surface area contributed by atoms with Crippen LogP contribution < -0.4 is 9.47 Å². The quantitative estimate of drug-likeness (QED) is 0.351. The number of halogens is 4. The number of hydrogen-bond acceptors (Lipinski definition) is 3. The van der Waals surface area contributed by atoms with Crippen LogP contribution in [0, 0.1) is 0 Å². The monoisotopic (exact) mass is 454 g/mol. The number of benzene rings is 3. The molecule has 3 aromatic rings. The number of aldehydes is 1. The molecule has 0 N–H and O–H groups in total. The Morgan fingerprint density at radius 1 is 0.714 bits per heavy atom. The third kappa shape index (κ3) is 5.33. The fourth-order valence-corrected chi connectivity index (χ4v) is 3.35. The molecule has 0 unspecified atom stereocenters. The van der Waals surface area contributed by atoms with Crippen LogP contribution in [0.4, 0.5) is 0 Å². The molecule has 28 heavy (non-hydrogen) atoms. The van der Waals surface area contributed by atoms with Gasteiger partial charge in [-0.25, -0.2) is 0 Å². The van der Waals surface area contributed by atoms with Gasteiger partial charge in [-0.05, 0) is 36.4 Å². The van der Waals surface area contributed by atoms with Gasteiger partial charge in [0.25, 0.3) is 0 Å². The molecule has 0 fully saturated rings. The second-order valence-corrected chi connectivity index (χ2v) is 7.55. The average molecular weight is 456 g/mol. The Kier molecular flexibility index (Phi) is 7.08. The van der Waals surface area contributed by atoms with Crippen molar-refractivity contribution in [2.24, 2.45) is 0 Å². The van der Waals surface area contributed by atoms with E-state index in [1.807, 2.05) is 0 Å². The summed E-state index contributed by atoms with van der Waals surface area (Å²) in [5.74, 6) is 0.925. The van der Waals surface area contributed by atoms with Crippen molar-refractivity contribution in [3.05, 3.63) is 91.4 Å². The van der Waals surface area contributed by atoms with Gasteiger partial charge in [-0.2, -0.15) is 0 Å². The zero-order valence-corrected chi connectivity index (χ0v) is 17.4. The van der Waals surface area contributed by atoms with E-state index in [1.165, 1.54) is 0 Å². The van der Waals surface area contributed by atoms with E-state index in [-0.39, 0.29) is 13.2 Å². The largest absolute Gasteiger partial charge is 0.489 e. The molecule has 0 aliphatic carbocycles. The van der Waals surface area contributed by atoms with Crippen LogP contribution >= 0.6 is 46.4 Å². The lowest BCUT2D eigenvalue weighted by atomic mass is 10.2. The van der Waals surface area contributed by atoms with Crippen LogP contribution in [0.2, 0.25) is 20.1 Å². The van der Waals surface area contributed by atoms with Gasteiger partial charge in [0.2, 0.25) is 0 Å². The van der Waals surface area contributed by atoms with Crippen molar-refractivity contribution in [3.8, 4) is 11.5 Å². The lowest BCUT2D eigenvalue weighted by Crippen LogP contribution is -2.01. The van der Waals surface area contributed by atoms with E-state index in [0.717, 1.165) is 17.4 Å². The summed E-state index contributed by atoms with van der Waals surface area (Å²) in [6, 6.07) is 15.3. The molecule has 0 heterocycles. The van der Waals surface area contributed by atoms with Gasteiger partial charge in [0.15, 0.2) is 6.29 Å². The summed E-state index contributed by atoms with van der Waals surface area (Å²) in [7, 11) is 0. The minimum Gasteiger partial charge on any atom is -0.489 e. The average Bonchev–Trinajstić information content (AvgIpc) is 2.66.